The third-order valence-electron chi connectivity index (χ3n) is 8.98. The standard InChI is InChI=1S/C39H49ClN4O3/c1-4-34(43(3)41)32-19-8-6-7-11-24-42-25-12-13-26-44-37-31(22-23-33(40)36(32)37)30(38(44)39(45)46-5-2)20-15-27-47-35-21-14-17-28-16-9-10-18-29(28)35/h9-10,12-14,16-18,21-23,42H,4-8,11,15,19-20,24-27,41H2,1-3H3/b13-12-,34-32+. The number of esters is 1. The van der Waals surface area contributed by atoms with Crippen molar-refractivity contribution in [3.63, 3.8) is 0 Å². The van der Waals surface area contributed by atoms with E-state index in [1.54, 1.807) is 5.01 Å². The number of hydrogen-bond acceptors (Lipinski definition) is 6. The van der Waals surface area contributed by atoms with Gasteiger partial charge in [0.05, 0.1) is 23.8 Å². The van der Waals surface area contributed by atoms with Gasteiger partial charge in [-0.25, -0.2) is 10.6 Å². The molecule has 0 bridgehead atoms. The Labute approximate surface area is 284 Å². The summed E-state index contributed by atoms with van der Waals surface area (Å²) in [5.41, 5.74) is 5.66. The second-order valence-corrected chi connectivity index (χ2v) is 12.5. The normalized spacial score (nSPS) is 16.4. The Kier molecular flexibility index (Phi) is 12.4. The summed E-state index contributed by atoms with van der Waals surface area (Å²) in [5.74, 6) is 7.01. The number of carbonyl (C=O) groups excluding carboxylic acids is 1. The third kappa shape index (κ3) is 8.03. The van der Waals surface area contributed by atoms with Crippen LogP contribution in [-0.4, -0.2) is 48.9 Å². The van der Waals surface area contributed by atoms with Gasteiger partial charge in [0.25, 0.3) is 0 Å². The van der Waals surface area contributed by atoms with Crippen molar-refractivity contribution in [3.05, 3.63) is 94.3 Å². The summed E-state index contributed by atoms with van der Waals surface area (Å²) in [6.45, 7) is 7.07. The quantitative estimate of drug-likeness (QED) is 0.0617. The molecule has 1 aromatic heterocycles. The molecule has 0 radical (unpaired) electrons. The minimum Gasteiger partial charge on any atom is -0.493 e. The van der Waals surface area contributed by atoms with Crippen LogP contribution < -0.4 is 15.9 Å². The van der Waals surface area contributed by atoms with E-state index in [4.69, 9.17) is 26.9 Å². The van der Waals surface area contributed by atoms with E-state index in [9.17, 15) is 4.79 Å². The number of nitrogens with one attached hydrogen (secondary N) is 1. The van der Waals surface area contributed by atoms with E-state index in [1.165, 1.54) is 0 Å². The van der Waals surface area contributed by atoms with Crippen molar-refractivity contribution in [2.45, 2.75) is 71.8 Å². The number of hydrogen-bond donors (Lipinski definition) is 2. The van der Waals surface area contributed by atoms with E-state index in [0.717, 1.165) is 108 Å². The summed E-state index contributed by atoms with van der Waals surface area (Å²) in [7, 11) is 1.90. The Morgan fingerprint density at radius 1 is 1.00 bits per heavy atom. The minimum absolute atomic E-state index is 0.292. The molecule has 3 N–H and O–H groups in total. The number of hydrazine groups is 1. The molecule has 4 aromatic rings. The van der Waals surface area contributed by atoms with Gasteiger partial charge in [-0.05, 0) is 80.6 Å². The van der Waals surface area contributed by atoms with Crippen LogP contribution in [-0.2, 0) is 17.7 Å². The molecule has 3 aromatic carbocycles. The van der Waals surface area contributed by atoms with Crippen molar-refractivity contribution in [3.8, 4) is 5.75 Å². The molecule has 5 rings (SSSR count). The molecule has 0 saturated heterocycles. The molecular formula is C39H49ClN4O3. The summed E-state index contributed by atoms with van der Waals surface area (Å²) in [6, 6.07) is 18.4. The zero-order valence-corrected chi connectivity index (χ0v) is 28.9. The molecule has 47 heavy (non-hydrogen) atoms. The van der Waals surface area contributed by atoms with Crippen molar-refractivity contribution in [2.24, 2.45) is 5.84 Å². The number of nitrogens with zero attached hydrogens (tertiary/aromatic N) is 2. The predicted octanol–water partition coefficient (Wildman–Crippen LogP) is 8.67. The lowest BCUT2D eigenvalue weighted by atomic mass is 9.93. The van der Waals surface area contributed by atoms with Crippen LogP contribution in [0.2, 0.25) is 5.02 Å². The number of nitrogens with two attached hydrogens (primary N) is 1. The topological polar surface area (TPSA) is 81.8 Å². The number of allylic oxidation sites excluding steroid dienone is 3. The van der Waals surface area contributed by atoms with Gasteiger partial charge >= 0.3 is 5.97 Å². The lowest BCUT2D eigenvalue weighted by molar-refractivity contribution is 0.0513. The van der Waals surface area contributed by atoms with Gasteiger partial charge in [0.15, 0.2) is 0 Å². The molecule has 2 heterocycles. The molecule has 0 amide bonds. The maximum Gasteiger partial charge on any atom is 0.355 e. The highest BCUT2D eigenvalue weighted by molar-refractivity contribution is 6.33. The first-order valence-electron chi connectivity index (χ1n) is 17.1. The molecule has 0 saturated carbocycles. The van der Waals surface area contributed by atoms with Crippen LogP contribution in [0.5, 0.6) is 5.75 Å². The smallest absolute Gasteiger partial charge is 0.355 e. The Hall–Kier alpha value is -3.78. The molecular weight excluding hydrogens is 608 g/mol. The average Bonchev–Trinajstić information content (AvgIpc) is 3.37. The van der Waals surface area contributed by atoms with Gasteiger partial charge in [-0.2, -0.15) is 0 Å². The van der Waals surface area contributed by atoms with Crippen molar-refractivity contribution in [1.29, 1.82) is 0 Å². The first-order valence-corrected chi connectivity index (χ1v) is 17.5. The summed E-state index contributed by atoms with van der Waals surface area (Å²) in [4.78, 5) is 13.9. The number of fused-ring (bicyclic) bond motifs is 1. The summed E-state index contributed by atoms with van der Waals surface area (Å²) in [5, 5.41) is 9.17. The van der Waals surface area contributed by atoms with Gasteiger partial charge in [-0.1, -0.05) is 86.0 Å². The lowest BCUT2D eigenvalue weighted by Gasteiger charge is -2.23. The number of benzene rings is 3. The maximum atomic E-state index is 13.9. The third-order valence-corrected chi connectivity index (χ3v) is 9.30. The van der Waals surface area contributed by atoms with Crippen LogP contribution >= 0.6 is 11.6 Å². The zero-order chi connectivity index (χ0) is 33.2. The zero-order valence-electron chi connectivity index (χ0n) is 28.1. The molecule has 0 atom stereocenters. The largest absolute Gasteiger partial charge is 0.493 e. The Morgan fingerprint density at radius 3 is 2.62 bits per heavy atom. The summed E-state index contributed by atoms with van der Waals surface area (Å²) in [6.07, 6.45) is 11.7. The highest BCUT2D eigenvalue weighted by atomic mass is 35.5. The number of halogens is 1. The van der Waals surface area contributed by atoms with Gasteiger partial charge in [-0.15, -0.1) is 0 Å². The molecule has 1 aliphatic rings. The first-order chi connectivity index (χ1) is 23.0. The molecule has 0 unspecified atom stereocenters. The lowest BCUT2D eigenvalue weighted by Crippen LogP contribution is -2.26. The van der Waals surface area contributed by atoms with Crippen LogP contribution in [0.4, 0.5) is 0 Å². The van der Waals surface area contributed by atoms with E-state index < -0.39 is 0 Å². The highest BCUT2D eigenvalue weighted by Gasteiger charge is 2.28. The molecule has 0 aliphatic carbocycles. The van der Waals surface area contributed by atoms with E-state index in [0.29, 0.717) is 36.9 Å². The molecule has 7 nitrogen and oxygen atoms in total. The number of aryl methyl sites for hydroxylation is 1. The summed E-state index contributed by atoms with van der Waals surface area (Å²) < 4.78 is 14.2. The second kappa shape index (κ2) is 16.9. The molecule has 0 spiro atoms. The Bertz CT molecular complexity index is 1730. The Balaban J connectivity index is 1.63. The van der Waals surface area contributed by atoms with Crippen molar-refractivity contribution < 1.29 is 14.3 Å². The molecule has 0 fully saturated rings. The summed E-state index contributed by atoms with van der Waals surface area (Å²) >= 11 is 7.16. The fourth-order valence-electron chi connectivity index (χ4n) is 6.84. The van der Waals surface area contributed by atoms with E-state index in [-0.39, 0.29) is 5.97 Å². The SMILES string of the molecule is CCOC(=O)c1c(CCCOc2cccc3ccccc23)c2ccc(Cl)c3c2n1C/C=C\CNCCCCCC/C3=C(/CC)N(C)N. The number of ether oxygens (including phenoxy) is 2. The van der Waals surface area contributed by atoms with Gasteiger partial charge < -0.3 is 24.4 Å². The van der Waals surface area contributed by atoms with Gasteiger partial charge in [-0.3, -0.25) is 0 Å². The fraction of sp³-hybridized carbons (Fsp3) is 0.410. The molecule has 8 heteroatoms. The number of aromatic nitrogens is 1. The second-order valence-electron chi connectivity index (χ2n) is 12.1. The average molecular weight is 657 g/mol. The van der Waals surface area contributed by atoms with Crippen molar-refractivity contribution in [2.75, 3.05) is 33.4 Å². The van der Waals surface area contributed by atoms with Crippen LogP contribution in [0.25, 0.3) is 27.2 Å². The molecule has 250 valence electrons. The number of carbonyl (C=O) groups is 1. The van der Waals surface area contributed by atoms with E-state index in [2.05, 4.69) is 53.2 Å². The van der Waals surface area contributed by atoms with E-state index in [1.807, 2.05) is 44.3 Å². The van der Waals surface area contributed by atoms with Crippen LogP contribution in [0.3, 0.4) is 0 Å². The van der Waals surface area contributed by atoms with Crippen LogP contribution in [0, 0.1) is 0 Å². The monoisotopic (exact) mass is 656 g/mol. The first kappa shape index (κ1) is 34.6. The van der Waals surface area contributed by atoms with Gasteiger partial charge in [0.2, 0.25) is 0 Å². The van der Waals surface area contributed by atoms with Crippen molar-refractivity contribution >= 4 is 44.8 Å². The predicted molar refractivity (Wildman–Crippen MR) is 195 cm³/mol. The fourth-order valence-corrected chi connectivity index (χ4v) is 7.11. The van der Waals surface area contributed by atoms with Gasteiger partial charge in [0.1, 0.15) is 11.4 Å². The van der Waals surface area contributed by atoms with E-state index >= 15 is 0 Å². The number of rotatable bonds is 9. The van der Waals surface area contributed by atoms with Gasteiger partial charge in [0, 0.05) is 42.2 Å². The minimum atomic E-state index is -0.322. The van der Waals surface area contributed by atoms with Crippen molar-refractivity contribution in [1.82, 2.24) is 14.9 Å². The van der Waals surface area contributed by atoms with Crippen LogP contribution in [0.15, 0.2) is 72.4 Å². The maximum absolute atomic E-state index is 13.9. The Morgan fingerprint density at radius 2 is 1.81 bits per heavy atom. The molecule has 1 aliphatic heterocycles. The highest BCUT2D eigenvalue weighted by Crippen LogP contribution is 2.41. The van der Waals surface area contributed by atoms with Crippen LogP contribution in [0.1, 0.15) is 80.4 Å².